The van der Waals surface area contributed by atoms with Crippen molar-refractivity contribution in [2.45, 2.75) is 26.4 Å². The third kappa shape index (κ3) is 4.09. The van der Waals surface area contributed by atoms with Gasteiger partial charge in [0, 0.05) is 10.8 Å². The molecule has 0 aromatic carbocycles. The van der Waals surface area contributed by atoms with E-state index in [1.54, 1.807) is 13.8 Å². The summed E-state index contributed by atoms with van der Waals surface area (Å²) in [5.74, 6) is 1.56. The van der Waals surface area contributed by atoms with Gasteiger partial charge < -0.3 is 4.74 Å². The molecule has 0 N–H and O–H groups in total. The molecule has 0 saturated carbocycles. The van der Waals surface area contributed by atoms with Crippen LogP contribution in [0.4, 0.5) is 0 Å². The SMILES string of the molecule is C#CCOC(C)(C[N+](=O)[O-])C(=O)C(C)C. The number of carbonyl (C=O) groups is 1. The number of ketones is 1. The second kappa shape index (κ2) is 5.47. The average molecular weight is 213 g/mol. The highest BCUT2D eigenvalue weighted by Gasteiger charge is 2.40. The van der Waals surface area contributed by atoms with Crippen molar-refractivity contribution in [3.63, 3.8) is 0 Å². The van der Waals surface area contributed by atoms with E-state index in [1.165, 1.54) is 6.92 Å². The molecule has 0 aliphatic heterocycles. The van der Waals surface area contributed by atoms with Crippen LogP contribution in [0.25, 0.3) is 0 Å². The maximum atomic E-state index is 11.7. The zero-order chi connectivity index (χ0) is 12.1. The summed E-state index contributed by atoms with van der Waals surface area (Å²) in [6.07, 6.45) is 4.99. The van der Waals surface area contributed by atoms with Gasteiger partial charge in [-0.2, -0.15) is 0 Å². The van der Waals surface area contributed by atoms with Crippen molar-refractivity contribution < 1.29 is 14.5 Å². The molecule has 0 heterocycles. The van der Waals surface area contributed by atoms with Crippen LogP contribution in [-0.4, -0.2) is 29.5 Å². The minimum atomic E-state index is -1.43. The van der Waals surface area contributed by atoms with Crippen LogP contribution in [0.1, 0.15) is 20.8 Å². The minimum absolute atomic E-state index is 0.108. The first-order valence-corrected chi connectivity index (χ1v) is 4.57. The summed E-state index contributed by atoms with van der Waals surface area (Å²) in [5.41, 5.74) is -1.43. The lowest BCUT2D eigenvalue weighted by Crippen LogP contribution is -2.47. The van der Waals surface area contributed by atoms with Gasteiger partial charge in [0.15, 0.2) is 11.4 Å². The molecule has 0 spiro atoms. The van der Waals surface area contributed by atoms with Gasteiger partial charge in [0.1, 0.15) is 6.61 Å². The van der Waals surface area contributed by atoms with E-state index < -0.39 is 17.1 Å². The predicted octanol–water partition coefficient (Wildman–Crippen LogP) is 0.897. The van der Waals surface area contributed by atoms with E-state index in [2.05, 4.69) is 5.92 Å². The quantitative estimate of drug-likeness (QED) is 0.373. The Hall–Kier alpha value is -1.41. The van der Waals surface area contributed by atoms with Crippen LogP contribution in [0.3, 0.4) is 0 Å². The van der Waals surface area contributed by atoms with Crippen LogP contribution in [-0.2, 0) is 9.53 Å². The maximum Gasteiger partial charge on any atom is 0.239 e. The summed E-state index contributed by atoms with van der Waals surface area (Å²) < 4.78 is 5.09. The first kappa shape index (κ1) is 13.6. The highest BCUT2D eigenvalue weighted by atomic mass is 16.6. The first-order valence-electron chi connectivity index (χ1n) is 4.57. The zero-order valence-electron chi connectivity index (χ0n) is 9.15. The lowest BCUT2D eigenvalue weighted by atomic mass is 9.92. The molecule has 0 rings (SSSR count). The Kier molecular flexibility index (Phi) is 4.95. The average Bonchev–Trinajstić information content (AvgIpc) is 2.12. The van der Waals surface area contributed by atoms with Crippen molar-refractivity contribution in [1.29, 1.82) is 0 Å². The molecule has 0 bridgehead atoms. The van der Waals surface area contributed by atoms with Crippen molar-refractivity contribution in [1.82, 2.24) is 0 Å². The number of ether oxygens (including phenoxy) is 1. The number of hydrogen-bond acceptors (Lipinski definition) is 4. The number of carbonyl (C=O) groups excluding carboxylic acids is 1. The molecule has 1 atom stereocenters. The molecule has 0 aromatic rings. The molecule has 0 fully saturated rings. The van der Waals surface area contributed by atoms with Gasteiger partial charge >= 0.3 is 0 Å². The number of rotatable bonds is 6. The lowest BCUT2D eigenvalue weighted by Gasteiger charge is -2.25. The van der Waals surface area contributed by atoms with Crippen molar-refractivity contribution in [3.05, 3.63) is 10.1 Å². The summed E-state index contributed by atoms with van der Waals surface area (Å²) in [6, 6.07) is 0. The van der Waals surface area contributed by atoms with Crippen LogP contribution >= 0.6 is 0 Å². The number of hydrogen-bond donors (Lipinski definition) is 0. The molecule has 0 aliphatic rings. The molecular formula is C10H15NO4. The van der Waals surface area contributed by atoms with E-state index in [-0.39, 0.29) is 18.3 Å². The molecular weight excluding hydrogens is 198 g/mol. The van der Waals surface area contributed by atoms with Crippen molar-refractivity contribution >= 4 is 5.78 Å². The summed E-state index contributed by atoms with van der Waals surface area (Å²) >= 11 is 0. The molecule has 15 heavy (non-hydrogen) atoms. The van der Waals surface area contributed by atoms with Crippen molar-refractivity contribution in [3.8, 4) is 12.3 Å². The number of Topliss-reactive ketones (excluding diaryl/α,β-unsaturated/α-hetero) is 1. The van der Waals surface area contributed by atoms with E-state index in [0.29, 0.717) is 0 Å². The molecule has 0 aliphatic carbocycles. The molecule has 5 nitrogen and oxygen atoms in total. The Morgan fingerprint density at radius 2 is 2.20 bits per heavy atom. The number of nitro groups is 1. The third-order valence-corrected chi connectivity index (χ3v) is 1.95. The van der Waals surface area contributed by atoms with Gasteiger partial charge in [-0.3, -0.25) is 14.9 Å². The van der Waals surface area contributed by atoms with E-state index in [9.17, 15) is 14.9 Å². The molecule has 1 unspecified atom stereocenters. The molecule has 84 valence electrons. The molecule has 0 aromatic heterocycles. The van der Waals surface area contributed by atoms with Gasteiger partial charge in [0.2, 0.25) is 6.54 Å². The Labute approximate surface area is 89.0 Å². The van der Waals surface area contributed by atoms with Crippen LogP contribution < -0.4 is 0 Å². The fraction of sp³-hybridized carbons (Fsp3) is 0.700. The summed E-state index contributed by atoms with van der Waals surface area (Å²) in [4.78, 5) is 21.6. The largest absolute Gasteiger partial charge is 0.348 e. The predicted molar refractivity (Wildman–Crippen MR) is 54.9 cm³/mol. The topological polar surface area (TPSA) is 69.4 Å². The lowest BCUT2D eigenvalue weighted by molar-refractivity contribution is -0.496. The minimum Gasteiger partial charge on any atom is -0.348 e. The van der Waals surface area contributed by atoms with E-state index in [0.717, 1.165) is 0 Å². The van der Waals surface area contributed by atoms with Gasteiger partial charge in [0.25, 0.3) is 0 Å². The molecule has 0 amide bonds. The number of terminal acetylenes is 1. The van der Waals surface area contributed by atoms with Gasteiger partial charge in [-0.05, 0) is 6.92 Å². The molecule has 0 radical (unpaired) electrons. The summed E-state index contributed by atoms with van der Waals surface area (Å²) in [6.45, 7) is 4.06. The van der Waals surface area contributed by atoms with Gasteiger partial charge in [0.05, 0.1) is 0 Å². The van der Waals surface area contributed by atoms with Gasteiger partial charge in [-0.25, -0.2) is 0 Å². The highest BCUT2D eigenvalue weighted by Crippen LogP contribution is 2.17. The van der Waals surface area contributed by atoms with Gasteiger partial charge in [-0.1, -0.05) is 19.8 Å². The monoisotopic (exact) mass is 213 g/mol. The first-order chi connectivity index (χ1) is 6.83. The second-order valence-electron chi connectivity index (χ2n) is 3.73. The summed E-state index contributed by atoms with van der Waals surface area (Å²) in [7, 11) is 0. The smallest absolute Gasteiger partial charge is 0.239 e. The van der Waals surface area contributed by atoms with Crippen LogP contribution in [0.15, 0.2) is 0 Å². The Bertz CT molecular complexity index is 292. The van der Waals surface area contributed by atoms with E-state index in [1.807, 2.05) is 0 Å². The fourth-order valence-electron chi connectivity index (χ4n) is 1.25. The van der Waals surface area contributed by atoms with E-state index in [4.69, 9.17) is 11.2 Å². The second-order valence-corrected chi connectivity index (χ2v) is 3.73. The zero-order valence-corrected chi connectivity index (χ0v) is 9.15. The Balaban J connectivity index is 4.77. The van der Waals surface area contributed by atoms with Gasteiger partial charge in [-0.15, -0.1) is 6.42 Å². The Morgan fingerprint density at radius 1 is 1.67 bits per heavy atom. The summed E-state index contributed by atoms with van der Waals surface area (Å²) in [5, 5.41) is 10.4. The fourth-order valence-corrected chi connectivity index (χ4v) is 1.25. The van der Waals surface area contributed by atoms with E-state index >= 15 is 0 Å². The Morgan fingerprint density at radius 3 is 2.53 bits per heavy atom. The standard InChI is InChI=1S/C10H15NO4/c1-5-6-15-10(4,7-11(13)14)9(12)8(2)3/h1,8H,6-7H2,2-4H3. The van der Waals surface area contributed by atoms with Crippen molar-refractivity contribution in [2.24, 2.45) is 5.92 Å². The molecule has 5 heteroatoms. The molecule has 0 saturated heterocycles. The van der Waals surface area contributed by atoms with Crippen LogP contribution in [0, 0.1) is 28.4 Å². The normalized spacial score (nSPS) is 14.3. The number of nitrogens with zero attached hydrogens (tertiary/aromatic N) is 1. The van der Waals surface area contributed by atoms with Crippen LogP contribution in [0.5, 0.6) is 0 Å². The highest BCUT2D eigenvalue weighted by molar-refractivity contribution is 5.88. The maximum absolute atomic E-state index is 11.7. The van der Waals surface area contributed by atoms with Crippen molar-refractivity contribution in [2.75, 3.05) is 13.2 Å². The third-order valence-electron chi connectivity index (χ3n) is 1.95. The van der Waals surface area contributed by atoms with Crippen LogP contribution in [0.2, 0.25) is 0 Å².